The molecule has 0 fully saturated rings. The van der Waals surface area contributed by atoms with Crippen molar-refractivity contribution in [3.8, 4) is 17.2 Å². The molecule has 0 aliphatic carbocycles. The summed E-state index contributed by atoms with van der Waals surface area (Å²) in [6, 6.07) is 9.58. The Morgan fingerprint density at radius 3 is 2.08 bits per heavy atom. The van der Waals surface area contributed by atoms with Crippen LogP contribution < -0.4 is 14.2 Å². The number of hydrogen-bond acceptors (Lipinski definition) is 4. The Labute approximate surface area is 154 Å². The van der Waals surface area contributed by atoms with Crippen molar-refractivity contribution in [2.24, 2.45) is 0 Å². The SMILES string of the molecule is COc1cc(C)ccc1OCCOCCOc1ccc(Cl)c(C)c1C. The molecule has 2 aromatic rings. The first kappa shape index (κ1) is 19.4. The second kappa shape index (κ2) is 9.54. The van der Waals surface area contributed by atoms with E-state index in [1.807, 2.05) is 51.1 Å². The van der Waals surface area contributed by atoms with Crippen LogP contribution in [0.4, 0.5) is 0 Å². The van der Waals surface area contributed by atoms with Gasteiger partial charge in [0, 0.05) is 5.02 Å². The molecule has 2 rings (SSSR count). The number of halogens is 1. The van der Waals surface area contributed by atoms with Crippen LogP contribution in [0.3, 0.4) is 0 Å². The summed E-state index contributed by atoms with van der Waals surface area (Å²) in [6.07, 6.45) is 0. The minimum absolute atomic E-state index is 0.457. The molecule has 0 unspecified atom stereocenters. The number of methoxy groups -OCH3 is 1. The molecule has 0 radical (unpaired) electrons. The highest BCUT2D eigenvalue weighted by atomic mass is 35.5. The average Bonchev–Trinajstić information content (AvgIpc) is 2.61. The average molecular weight is 365 g/mol. The molecule has 0 aromatic heterocycles. The van der Waals surface area contributed by atoms with Crippen LogP contribution in [0, 0.1) is 20.8 Å². The van der Waals surface area contributed by atoms with Gasteiger partial charge in [-0.15, -0.1) is 0 Å². The Hall–Kier alpha value is -1.91. The molecular formula is C20H25ClO4. The Balaban J connectivity index is 1.67. The molecular weight excluding hydrogens is 340 g/mol. The van der Waals surface area contributed by atoms with Crippen LogP contribution in [-0.4, -0.2) is 33.5 Å². The van der Waals surface area contributed by atoms with Gasteiger partial charge in [0.15, 0.2) is 11.5 Å². The topological polar surface area (TPSA) is 36.9 Å². The molecule has 5 heteroatoms. The number of benzene rings is 2. The highest BCUT2D eigenvalue weighted by molar-refractivity contribution is 6.31. The van der Waals surface area contributed by atoms with E-state index < -0.39 is 0 Å². The predicted molar refractivity (Wildman–Crippen MR) is 100 cm³/mol. The van der Waals surface area contributed by atoms with E-state index >= 15 is 0 Å². The van der Waals surface area contributed by atoms with Crippen molar-refractivity contribution >= 4 is 11.6 Å². The molecule has 2 aromatic carbocycles. The van der Waals surface area contributed by atoms with Gasteiger partial charge < -0.3 is 18.9 Å². The van der Waals surface area contributed by atoms with Crippen LogP contribution in [0.15, 0.2) is 30.3 Å². The highest BCUT2D eigenvalue weighted by Crippen LogP contribution is 2.28. The lowest BCUT2D eigenvalue weighted by Gasteiger charge is -2.13. The Morgan fingerprint density at radius 2 is 1.40 bits per heavy atom. The zero-order chi connectivity index (χ0) is 18.2. The van der Waals surface area contributed by atoms with Crippen molar-refractivity contribution in [1.29, 1.82) is 0 Å². The summed E-state index contributed by atoms with van der Waals surface area (Å²) in [7, 11) is 1.63. The van der Waals surface area contributed by atoms with Gasteiger partial charge in [-0.3, -0.25) is 0 Å². The third-order valence-electron chi connectivity index (χ3n) is 3.96. The summed E-state index contributed by atoms with van der Waals surface area (Å²) in [6.45, 7) is 7.92. The Morgan fingerprint density at radius 1 is 0.760 bits per heavy atom. The number of hydrogen-bond donors (Lipinski definition) is 0. The molecule has 0 saturated heterocycles. The van der Waals surface area contributed by atoms with E-state index in [2.05, 4.69) is 0 Å². The second-order valence-electron chi connectivity index (χ2n) is 5.76. The fraction of sp³-hybridized carbons (Fsp3) is 0.400. The quantitative estimate of drug-likeness (QED) is 0.602. The standard InChI is InChI=1S/C20H25ClO4/c1-14-5-7-19(20(13-14)22-4)25-12-10-23-9-11-24-18-8-6-17(21)15(2)16(18)3/h5-8,13H,9-12H2,1-4H3. The molecule has 0 heterocycles. The van der Waals surface area contributed by atoms with Crippen LogP contribution >= 0.6 is 11.6 Å². The molecule has 0 atom stereocenters. The van der Waals surface area contributed by atoms with Gasteiger partial charge >= 0.3 is 0 Å². The van der Waals surface area contributed by atoms with E-state index in [9.17, 15) is 0 Å². The van der Waals surface area contributed by atoms with E-state index in [4.69, 9.17) is 30.5 Å². The van der Waals surface area contributed by atoms with Crippen molar-refractivity contribution in [1.82, 2.24) is 0 Å². The lowest BCUT2D eigenvalue weighted by atomic mass is 10.1. The third kappa shape index (κ3) is 5.55. The van der Waals surface area contributed by atoms with Crippen molar-refractivity contribution in [3.05, 3.63) is 52.0 Å². The number of ether oxygens (including phenoxy) is 4. The second-order valence-corrected chi connectivity index (χ2v) is 6.17. The van der Waals surface area contributed by atoms with Crippen LogP contribution in [0.1, 0.15) is 16.7 Å². The van der Waals surface area contributed by atoms with Crippen LogP contribution in [0.2, 0.25) is 5.02 Å². The molecule has 0 bridgehead atoms. The first-order valence-corrected chi connectivity index (χ1v) is 8.64. The molecule has 0 spiro atoms. The van der Waals surface area contributed by atoms with Crippen LogP contribution in [-0.2, 0) is 4.74 Å². The molecule has 4 nitrogen and oxygen atoms in total. The zero-order valence-electron chi connectivity index (χ0n) is 15.2. The van der Waals surface area contributed by atoms with E-state index in [0.29, 0.717) is 26.4 Å². The zero-order valence-corrected chi connectivity index (χ0v) is 16.0. The summed E-state index contributed by atoms with van der Waals surface area (Å²) in [4.78, 5) is 0. The minimum Gasteiger partial charge on any atom is -0.493 e. The maximum atomic E-state index is 6.08. The Bertz CT molecular complexity index is 700. The summed E-state index contributed by atoms with van der Waals surface area (Å²) in [5.74, 6) is 2.29. The van der Waals surface area contributed by atoms with E-state index in [1.54, 1.807) is 7.11 Å². The fourth-order valence-corrected chi connectivity index (χ4v) is 2.54. The van der Waals surface area contributed by atoms with Crippen molar-refractivity contribution in [2.45, 2.75) is 20.8 Å². The molecule has 0 aliphatic heterocycles. The predicted octanol–water partition coefficient (Wildman–Crippen LogP) is 4.75. The van der Waals surface area contributed by atoms with Gasteiger partial charge in [-0.1, -0.05) is 17.7 Å². The Kier molecular flexibility index (Phi) is 7.41. The highest BCUT2D eigenvalue weighted by Gasteiger charge is 2.06. The van der Waals surface area contributed by atoms with Crippen molar-refractivity contribution in [2.75, 3.05) is 33.5 Å². The first-order chi connectivity index (χ1) is 12.0. The lowest BCUT2D eigenvalue weighted by molar-refractivity contribution is 0.0755. The molecule has 0 N–H and O–H groups in total. The van der Waals surface area contributed by atoms with Gasteiger partial charge in [-0.2, -0.15) is 0 Å². The maximum Gasteiger partial charge on any atom is 0.161 e. The van der Waals surface area contributed by atoms with E-state index in [0.717, 1.165) is 39.0 Å². The smallest absolute Gasteiger partial charge is 0.161 e. The van der Waals surface area contributed by atoms with Gasteiger partial charge in [-0.05, 0) is 61.7 Å². The lowest BCUT2D eigenvalue weighted by Crippen LogP contribution is -2.12. The number of aryl methyl sites for hydroxylation is 1. The normalized spacial score (nSPS) is 10.6. The van der Waals surface area contributed by atoms with Gasteiger partial charge in [0.05, 0.1) is 20.3 Å². The van der Waals surface area contributed by atoms with Gasteiger partial charge in [-0.25, -0.2) is 0 Å². The van der Waals surface area contributed by atoms with Crippen LogP contribution in [0.5, 0.6) is 17.2 Å². The molecule has 0 saturated carbocycles. The van der Waals surface area contributed by atoms with Crippen molar-refractivity contribution in [3.63, 3.8) is 0 Å². The number of rotatable bonds is 9. The molecule has 25 heavy (non-hydrogen) atoms. The minimum atomic E-state index is 0.457. The van der Waals surface area contributed by atoms with Crippen molar-refractivity contribution < 1.29 is 18.9 Å². The van der Waals surface area contributed by atoms with E-state index in [1.165, 1.54) is 0 Å². The van der Waals surface area contributed by atoms with Gasteiger partial charge in [0.25, 0.3) is 0 Å². The monoisotopic (exact) mass is 364 g/mol. The molecule has 136 valence electrons. The largest absolute Gasteiger partial charge is 0.493 e. The summed E-state index contributed by atoms with van der Waals surface area (Å²) < 4.78 is 22.3. The summed E-state index contributed by atoms with van der Waals surface area (Å²) >= 11 is 6.08. The fourth-order valence-electron chi connectivity index (χ4n) is 2.34. The maximum absolute atomic E-state index is 6.08. The molecule has 0 amide bonds. The van der Waals surface area contributed by atoms with E-state index in [-0.39, 0.29) is 0 Å². The first-order valence-electron chi connectivity index (χ1n) is 8.26. The molecule has 0 aliphatic rings. The van der Waals surface area contributed by atoms with Gasteiger partial charge in [0.1, 0.15) is 19.0 Å². The van der Waals surface area contributed by atoms with Crippen LogP contribution in [0.25, 0.3) is 0 Å². The summed E-state index contributed by atoms with van der Waals surface area (Å²) in [5.41, 5.74) is 3.23. The van der Waals surface area contributed by atoms with Gasteiger partial charge in [0.2, 0.25) is 0 Å². The summed E-state index contributed by atoms with van der Waals surface area (Å²) in [5, 5.41) is 0.754. The third-order valence-corrected chi connectivity index (χ3v) is 4.37.